The minimum atomic E-state index is -0.439. The number of benzene rings is 1. The van der Waals surface area contributed by atoms with Crippen LogP contribution in [0, 0.1) is 0 Å². The molecule has 6 nitrogen and oxygen atoms in total. The third-order valence-corrected chi connectivity index (χ3v) is 4.74. The minimum Gasteiger partial charge on any atom is -0.351 e. The Morgan fingerprint density at radius 1 is 1.29 bits per heavy atom. The molecule has 0 aromatic heterocycles. The summed E-state index contributed by atoms with van der Waals surface area (Å²) in [5.41, 5.74) is 1.15. The van der Waals surface area contributed by atoms with Gasteiger partial charge in [0.2, 0.25) is 17.7 Å². The molecule has 2 atom stereocenters. The first-order valence-corrected chi connectivity index (χ1v) is 8.52. The highest BCUT2D eigenvalue weighted by atomic mass is 35.5. The van der Waals surface area contributed by atoms with Gasteiger partial charge in [-0.3, -0.25) is 14.4 Å². The number of fused-ring (bicyclic) bond motifs is 1. The van der Waals surface area contributed by atoms with Crippen molar-refractivity contribution in [3.63, 3.8) is 0 Å². The van der Waals surface area contributed by atoms with Gasteiger partial charge in [0.1, 0.15) is 6.04 Å². The average molecular weight is 350 g/mol. The van der Waals surface area contributed by atoms with Gasteiger partial charge < -0.3 is 15.5 Å². The SMILES string of the molecule is O=C(CCCc1ccc(Cl)cc1)N[C@@H]1C[C@H]2C(=O)NCC(=O)N2C1. The van der Waals surface area contributed by atoms with E-state index >= 15 is 0 Å². The normalized spacial score (nSPS) is 23.0. The number of aryl methyl sites for hydroxylation is 1. The fourth-order valence-corrected chi connectivity index (χ4v) is 3.38. The highest BCUT2D eigenvalue weighted by Gasteiger charge is 2.42. The molecule has 0 unspecified atom stereocenters. The van der Waals surface area contributed by atoms with Crippen LogP contribution in [0.3, 0.4) is 0 Å². The van der Waals surface area contributed by atoms with E-state index in [2.05, 4.69) is 10.6 Å². The van der Waals surface area contributed by atoms with E-state index in [0.717, 1.165) is 18.4 Å². The molecule has 0 aliphatic carbocycles. The molecule has 3 rings (SSSR count). The zero-order chi connectivity index (χ0) is 17.1. The van der Waals surface area contributed by atoms with Gasteiger partial charge >= 0.3 is 0 Å². The molecule has 3 amide bonds. The Balaban J connectivity index is 1.43. The maximum Gasteiger partial charge on any atom is 0.243 e. The van der Waals surface area contributed by atoms with Crippen LogP contribution < -0.4 is 10.6 Å². The predicted molar refractivity (Wildman–Crippen MR) is 89.4 cm³/mol. The number of hydrogen-bond donors (Lipinski definition) is 2. The fourth-order valence-electron chi connectivity index (χ4n) is 3.25. The van der Waals surface area contributed by atoms with Gasteiger partial charge in [0.25, 0.3) is 0 Å². The zero-order valence-corrected chi connectivity index (χ0v) is 14.0. The van der Waals surface area contributed by atoms with Crippen molar-refractivity contribution in [2.24, 2.45) is 0 Å². The van der Waals surface area contributed by atoms with Crippen LogP contribution >= 0.6 is 11.6 Å². The Kier molecular flexibility index (Phi) is 5.04. The number of carbonyl (C=O) groups is 3. The van der Waals surface area contributed by atoms with Crippen LogP contribution in [0.4, 0.5) is 0 Å². The summed E-state index contributed by atoms with van der Waals surface area (Å²) in [5.74, 6) is -0.255. The van der Waals surface area contributed by atoms with Gasteiger partial charge in [0.15, 0.2) is 0 Å². The molecule has 0 bridgehead atoms. The lowest BCUT2D eigenvalue weighted by atomic mass is 10.1. The lowest BCUT2D eigenvalue weighted by Crippen LogP contribution is -2.55. The molecule has 2 aliphatic rings. The molecule has 2 heterocycles. The van der Waals surface area contributed by atoms with Crippen LogP contribution in [0.1, 0.15) is 24.8 Å². The molecule has 2 N–H and O–H groups in total. The van der Waals surface area contributed by atoms with E-state index in [0.29, 0.717) is 24.4 Å². The van der Waals surface area contributed by atoms with Crippen LogP contribution in [0.5, 0.6) is 0 Å². The van der Waals surface area contributed by atoms with Crippen LogP contribution in [-0.2, 0) is 20.8 Å². The number of piperazine rings is 1. The van der Waals surface area contributed by atoms with E-state index in [9.17, 15) is 14.4 Å². The molecule has 1 aromatic carbocycles. The highest BCUT2D eigenvalue weighted by Crippen LogP contribution is 2.20. The Hall–Kier alpha value is -2.08. The second-order valence-corrected chi connectivity index (χ2v) is 6.70. The minimum absolute atomic E-state index is 0.0401. The molecular formula is C17H20ClN3O3. The Bertz CT molecular complexity index is 623. The molecule has 7 heteroatoms. The number of nitrogens with one attached hydrogen (secondary N) is 2. The summed E-state index contributed by atoms with van der Waals surface area (Å²) in [5, 5.41) is 6.22. The van der Waals surface area contributed by atoms with Gasteiger partial charge in [0.05, 0.1) is 6.54 Å². The molecular weight excluding hydrogens is 330 g/mol. The van der Waals surface area contributed by atoms with Crippen LogP contribution in [0.15, 0.2) is 24.3 Å². The third-order valence-electron chi connectivity index (χ3n) is 4.49. The fraction of sp³-hybridized carbons (Fsp3) is 0.471. The summed E-state index contributed by atoms with van der Waals surface area (Å²) >= 11 is 5.84. The molecule has 2 fully saturated rings. The summed E-state index contributed by atoms with van der Waals surface area (Å²) in [6.07, 6.45) is 2.46. The molecule has 1 aromatic rings. The molecule has 2 aliphatic heterocycles. The second kappa shape index (κ2) is 7.21. The maximum atomic E-state index is 12.1. The summed E-state index contributed by atoms with van der Waals surface area (Å²) in [4.78, 5) is 37.2. The predicted octanol–water partition coefficient (Wildman–Crippen LogP) is 0.878. The van der Waals surface area contributed by atoms with Gasteiger partial charge in [-0.2, -0.15) is 0 Å². The van der Waals surface area contributed by atoms with E-state index in [-0.39, 0.29) is 30.3 Å². The molecule has 2 saturated heterocycles. The van der Waals surface area contributed by atoms with E-state index in [1.54, 1.807) is 4.90 Å². The molecule has 0 spiro atoms. The van der Waals surface area contributed by atoms with Gasteiger partial charge in [0, 0.05) is 24.0 Å². The van der Waals surface area contributed by atoms with Gasteiger partial charge in [-0.05, 0) is 37.0 Å². The standard InChI is InChI=1S/C17H20ClN3O3/c18-12-6-4-11(5-7-12)2-1-3-15(22)20-13-8-14-17(24)19-9-16(23)21(14)10-13/h4-7,13-14H,1-3,8-10H2,(H,19,24)(H,20,22)/t13-,14+/m1/s1. The largest absolute Gasteiger partial charge is 0.351 e. The van der Waals surface area contributed by atoms with Crippen molar-refractivity contribution in [2.75, 3.05) is 13.1 Å². The van der Waals surface area contributed by atoms with Gasteiger partial charge in [-0.1, -0.05) is 23.7 Å². The Morgan fingerprint density at radius 3 is 2.75 bits per heavy atom. The molecule has 24 heavy (non-hydrogen) atoms. The summed E-state index contributed by atoms with van der Waals surface area (Å²) in [6.45, 7) is 0.469. The van der Waals surface area contributed by atoms with E-state index in [1.165, 1.54) is 0 Å². The van der Waals surface area contributed by atoms with Crippen LogP contribution in [0.25, 0.3) is 0 Å². The van der Waals surface area contributed by atoms with E-state index in [1.807, 2.05) is 24.3 Å². The van der Waals surface area contributed by atoms with Crippen molar-refractivity contribution >= 4 is 29.3 Å². The van der Waals surface area contributed by atoms with Gasteiger partial charge in [-0.25, -0.2) is 0 Å². The first-order valence-electron chi connectivity index (χ1n) is 8.14. The monoisotopic (exact) mass is 349 g/mol. The molecule has 0 radical (unpaired) electrons. The molecule has 0 saturated carbocycles. The van der Waals surface area contributed by atoms with Crippen molar-refractivity contribution < 1.29 is 14.4 Å². The van der Waals surface area contributed by atoms with Crippen LogP contribution in [-0.4, -0.2) is 47.8 Å². The number of hydrogen-bond acceptors (Lipinski definition) is 3. The van der Waals surface area contributed by atoms with Crippen molar-refractivity contribution in [3.05, 3.63) is 34.9 Å². The first-order chi connectivity index (χ1) is 11.5. The lowest BCUT2D eigenvalue weighted by molar-refractivity contribution is -0.143. The van der Waals surface area contributed by atoms with E-state index in [4.69, 9.17) is 11.6 Å². The first kappa shape index (κ1) is 16.8. The topological polar surface area (TPSA) is 78.5 Å². The third kappa shape index (κ3) is 3.87. The summed E-state index contributed by atoms with van der Waals surface area (Å²) in [6, 6.07) is 7.01. The number of rotatable bonds is 5. The number of amides is 3. The Labute approximate surface area is 145 Å². The van der Waals surface area contributed by atoms with Crippen molar-refractivity contribution in [3.8, 4) is 0 Å². The van der Waals surface area contributed by atoms with Crippen molar-refractivity contribution in [1.29, 1.82) is 0 Å². The lowest BCUT2D eigenvalue weighted by Gasteiger charge is -2.28. The second-order valence-electron chi connectivity index (χ2n) is 6.26. The van der Waals surface area contributed by atoms with E-state index < -0.39 is 6.04 Å². The van der Waals surface area contributed by atoms with Crippen molar-refractivity contribution in [1.82, 2.24) is 15.5 Å². The van der Waals surface area contributed by atoms with Crippen molar-refractivity contribution in [2.45, 2.75) is 37.8 Å². The summed E-state index contributed by atoms with van der Waals surface area (Å²) < 4.78 is 0. The number of halogens is 1. The maximum absolute atomic E-state index is 12.1. The quantitative estimate of drug-likeness (QED) is 0.828. The average Bonchev–Trinajstić information content (AvgIpc) is 2.98. The zero-order valence-electron chi connectivity index (χ0n) is 13.3. The smallest absolute Gasteiger partial charge is 0.243 e. The van der Waals surface area contributed by atoms with Crippen LogP contribution in [0.2, 0.25) is 5.02 Å². The number of nitrogens with zero attached hydrogens (tertiary/aromatic N) is 1. The highest BCUT2D eigenvalue weighted by molar-refractivity contribution is 6.30. The molecule has 128 valence electrons. The summed E-state index contributed by atoms with van der Waals surface area (Å²) in [7, 11) is 0. The van der Waals surface area contributed by atoms with Gasteiger partial charge in [-0.15, -0.1) is 0 Å². The Morgan fingerprint density at radius 2 is 2.04 bits per heavy atom. The number of carbonyl (C=O) groups excluding carboxylic acids is 3.